The van der Waals surface area contributed by atoms with E-state index in [1.54, 1.807) is 36.4 Å². The van der Waals surface area contributed by atoms with Crippen LogP contribution >= 0.6 is 39.1 Å². The predicted octanol–water partition coefficient (Wildman–Crippen LogP) is 6.32. The maximum absolute atomic E-state index is 13.1. The third-order valence-electron chi connectivity index (χ3n) is 5.10. The number of carbonyl (C=O) groups excluding carboxylic acids is 1. The summed E-state index contributed by atoms with van der Waals surface area (Å²) in [5.41, 5.74) is 1.54. The van der Waals surface area contributed by atoms with E-state index in [9.17, 15) is 9.59 Å². The standard InChI is InChI=1S/C26H21BrCl2N4O3/c1-2-6-23-32-22-10-9-17(27)13-19(22)26(35)33(23)30-14-16-11-20(28)25(21(29)12-16)36-15-24(34)31-18-7-4-3-5-8-18/h3-5,7-14H,2,6,15H2,1H3,(H,31,34). The minimum Gasteiger partial charge on any atom is -0.481 e. The lowest BCUT2D eigenvalue weighted by molar-refractivity contribution is -0.118. The molecule has 0 aliphatic rings. The number of nitrogens with zero attached hydrogens (tertiary/aromatic N) is 3. The lowest BCUT2D eigenvalue weighted by Gasteiger charge is -2.11. The van der Waals surface area contributed by atoms with Crippen molar-refractivity contribution in [3.8, 4) is 5.75 Å². The maximum Gasteiger partial charge on any atom is 0.282 e. The Morgan fingerprint density at radius 2 is 1.86 bits per heavy atom. The van der Waals surface area contributed by atoms with Gasteiger partial charge in [-0.15, -0.1) is 0 Å². The second kappa shape index (κ2) is 11.7. The van der Waals surface area contributed by atoms with Gasteiger partial charge in [0.2, 0.25) is 0 Å². The van der Waals surface area contributed by atoms with Crippen molar-refractivity contribution in [3.05, 3.63) is 96.9 Å². The number of halogens is 3. The molecule has 1 aromatic heterocycles. The minimum atomic E-state index is -0.350. The Balaban J connectivity index is 1.56. The summed E-state index contributed by atoms with van der Waals surface area (Å²) in [7, 11) is 0. The molecule has 10 heteroatoms. The number of nitrogens with one attached hydrogen (secondary N) is 1. The van der Waals surface area contributed by atoms with Crippen LogP contribution in [0.5, 0.6) is 5.75 Å². The monoisotopic (exact) mass is 586 g/mol. The summed E-state index contributed by atoms with van der Waals surface area (Å²) in [4.78, 5) is 29.9. The molecule has 4 rings (SSSR count). The Labute approximate surface area is 225 Å². The largest absolute Gasteiger partial charge is 0.481 e. The molecule has 36 heavy (non-hydrogen) atoms. The van der Waals surface area contributed by atoms with Crippen molar-refractivity contribution in [2.45, 2.75) is 19.8 Å². The molecule has 0 aliphatic heterocycles. The molecule has 0 unspecified atom stereocenters. The van der Waals surface area contributed by atoms with Gasteiger partial charge in [0.1, 0.15) is 5.82 Å². The smallest absolute Gasteiger partial charge is 0.282 e. The average molecular weight is 588 g/mol. The zero-order valence-electron chi connectivity index (χ0n) is 19.2. The summed E-state index contributed by atoms with van der Waals surface area (Å²) in [6, 6.07) is 17.6. The third kappa shape index (κ3) is 6.13. The van der Waals surface area contributed by atoms with Crippen molar-refractivity contribution in [2.75, 3.05) is 11.9 Å². The Morgan fingerprint density at radius 1 is 1.14 bits per heavy atom. The van der Waals surface area contributed by atoms with E-state index in [1.165, 1.54) is 10.9 Å². The number of aromatic nitrogens is 2. The van der Waals surface area contributed by atoms with Gasteiger partial charge in [0.05, 0.1) is 27.2 Å². The Kier molecular flexibility index (Phi) is 8.40. The van der Waals surface area contributed by atoms with E-state index in [-0.39, 0.29) is 33.9 Å². The molecule has 1 N–H and O–H groups in total. The van der Waals surface area contributed by atoms with Gasteiger partial charge < -0.3 is 10.1 Å². The zero-order chi connectivity index (χ0) is 25.7. The van der Waals surface area contributed by atoms with Crippen molar-refractivity contribution < 1.29 is 9.53 Å². The Bertz CT molecular complexity index is 1480. The van der Waals surface area contributed by atoms with E-state index in [2.05, 4.69) is 31.3 Å². The summed E-state index contributed by atoms with van der Waals surface area (Å²) in [5, 5.41) is 7.98. The van der Waals surface area contributed by atoms with Crippen LogP contribution in [0.3, 0.4) is 0 Å². The molecule has 184 valence electrons. The molecule has 0 bridgehead atoms. The summed E-state index contributed by atoms with van der Waals surface area (Å²) in [5.74, 6) is 0.382. The second-order valence-corrected chi connectivity index (χ2v) is 9.55. The van der Waals surface area contributed by atoms with Gasteiger partial charge in [0.25, 0.3) is 11.5 Å². The van der Waals surface area contributed by atoms with E-state index in [0.29, 0.717) is 34.4 Å². The fourth-order valence-corrected chi connectivity index (χ4v) is 4.45. The van der Waals surface area contributed by atoms with Gasteiger partial charge in [0.15, 0.2) is 12.4 Å². The van der Waals surface area contributed by atoms with Gasteiger partial charge >= 0.3 is 0 Å². The van der Waals surface area contributed by atoms with Crippen LogP contribution in [0.15, 0.2) is 75.0 Å². The van der Waals surface area contributed by atoms with Crippen LogP contribution < -0.4 is 15.6 Å². The van der Waals surface area contributed by atoms with Crippen LogP contribution in [0.4, 0.5) is 5.69 Å². The van der Waals surface area contributed by atoms with E-state index >= 15 is 0 Å². The van der Waals surface area contributed by atoms with Crippen LogP contribution in [0.1, 0.15) is 24.7 Å². The van der Waals surface area contributed by atoms with Crippen molar-refractivity contribution in [3.63, 3.8) is 0 Å². The number of hydrogen-bond acceptors (Lipinski definition) is 5. The number of ether oxygens (including phenoxy) is 1. The zero-order valence-corrected chi connectivity index (χ0v) is 22.3. The highest BCUT2D eigenvalue weighted by Gasteiger charge is 2.13. The molecule has 0 fully saturated rings. The summed E-state index contributed by atoms with van der Waals surface area (Å²) in [6.45, 7) is 1.74. The number of amides is 1. The van der Waals surface area contributed by atoms with E-state index in [4.69, 9.17) is 27.9 Å². The molecule has 0 aliphatic carbocycles. The Hall–Kier alpha value is -3.20. The number of hydrogen-bond donors (Lipinski definition) is 1. The van der Waals surface area contributed by atoms with Crippen molar-refractivity contribution >= 4 is 67.8 Å². The predicted molar refractivity (Wildman–Crippen MR) is 148 cm³/mol. The first-order chi connectivity index (χ1) is 17.4. The molecule has 4 aromatic rings. The van der Waals surface area contributed by atoms with Gasteiger partial charge in [-0.3, -0.25) is 9.59 Å². The molecule has 0 spiro atoms. The van der Waals surface area contributed by atoms with Crippen molar-refractivity contribution in [1.29, 1.82) is 0 Å². The second-order valence-electron chi connectivity index (χ2n) is 7.82. The first kappa shape index (κ1) is 25.9. The topological polar surface area (TPSA) is 85.6 Å². The molecule has 0 saturated heterocycles. The van der Waals surface area contributed by atoms with Gasteiger partial charge in [-0.25, -0.2) is 4.98 Å². The minimum absolute atomic E-state index is 0.180. The first-order valence-corrected chi connectivity index (χ1v) is 12.6. The number of benzene rings is 3. The highest BCUT2D eigenvalue weighted by atomic mass is 79.9. The van der Waals surface area contributed by atoms with Crippen molar-refractivity contribution in [2.24, 2.45) is 5.10 Å². The van der Waals surface area contributed by atoms with Gasteiger partial charge in [-0.05, 0) is 54.4 Å². The maximum atomic E-state index is 13.1. The van der Waals surface area contributed by atoms with Gasteiger partial charge in [0, 0.05) is 16.6 Å². The lowest BCUT2D eigenvalue weighted by Crippen LogP contribution is -2.22. The van der Waals surface area contributed by atoms with E-state index in [0.717, 1.165) is 10.9 Å². The molecule has 0 atom stereocenters. The fourth-order valence-electron chi connectivity index (χ4n) is 3.47. The van der Waals surface area contributed by atoms with Gasteiger partial charge in [-0.2, -0.15) is 9.78 Å². The molecule has 7 nitrogen and oxygen atoms in total. The highest BCUT2D eigenvalue weighted by Crippen LogP contribution is 2.34. The van der Waals surface area contributed by atoms with E-state index < -0.39 is 0 Å². The third-order valence-corrected chi connectivity index (χ3v) is 6.15. The van der Waals surface area contributed by atoms with Crippen LogP contribution in [-0.2, 0) is 11.2 Å². The number of anilines is 1. The SMILES string of the molecule is CCCc1nc2ccc(Br)cc2c(=O)n1N=Cc1cc(Cl)c(OCC(=O)Nc2ccccc2)c(Cl)c1. The molecule has 0 radical (unpaired) electrons. The molecule has 1 amide bonds. The summed E-state index contributed by atoms with van der Waals surface area (Å²) < 4.78 is 7.63. The number of carbonyl (C=O) groups is 1. The molecule has 3 aromatic carbocycles. The Morgan fingerprint density at radius 3 is 2.56 bits per heavy atom. The van der Waals surface area contributed by atoms with Gasteiger partial charge in [-0.1, -0.05) is 64.3 Å². The highest BCUT2D eigenvalue weighted by molar-refractivity contribution is 9.10. The number of aryl methyl sites for hydroxylation is 1. The van der Waals surface area contributed by atoms with Crippen molar-refractivity contribution in [1.82, 2.24) is 9.66 Å². The van der Waals surface area contributed by atoms with Crippen LogP contribution in [0.25, 0.3) is 10.9 Å². The first-order valence-electron chi connectivity index (χ1n) is 11.1. The van der Waals surface area contributed by atoms with Crippen LogP contribution in [-0.4, -0.2) is 28.4 Å². The average Bonchev–Trinajstić information content (AvgIpc) is 2.84. The van der Waals surface area contributed by atoms with Crippen LogP contribution in [0, 0.1) is 0 Å². The quantitative estimate of drug-likeness (QED) is 0.244. The fraction of sp³-hybridized carbons (Fsp3) is 0.154. The molecular formula is C26H21BrCl2N4O3. The van der Waals surface area contributed by atoms with Crippen LogP contribution in [0.2, 0.25) is 10.0 Å². The molecule has 0 saturated carbocycles. The van der Waals surface area contributed by atoms with E-state index in [1.807, 2.05) is 31.2 Å². The summed E-state index contributed by atoms with van der Waals surface area (Å²) in [6.07, 6.45) is 2.86. The number of fused-ring (bicyclic) bond motifs is 1. The number of rotatable bonds is 8. The summed E-state index contributed by atoms with van der Waals surface area (Å²) >= 11 is 16.2. The molecular weight excluding hydrogens is 567 g/mol. The normalized spacial score (nSPS) is 11.2. The lowest BCUT2D eigenvalue weighted by atomic mass is 10.2. The number of para-hydroxylation sites is 1. The molecule has 1 heterocycles.